The van der Waals surface area contributed by atoms with Crippen molar-refractivity contribution >= 4 is 19.8 Å². The summed E-state index contributed by atoms with van der Waals surface area (Å²) in [6.45, 7) is 4.19. The fraction of sp³-hybridized carbons (Fsp3) is 0.833. The number of nitrogens with zero attached hydrogens (tertiary/aromatic N) is 1. The van der Waals surface area contributed by atoms with Crippen LogP contribution < -0.4 is 4.89 Å². The largest absolute Gasteiger partial charge is 0.756 e. The Kier molecular flexibility index (Phi) is 72.6. The molecule has 0 N–H and O–H groups in total. The van der Waals surface area contributed by atoms with Crippen LogP contribution in [0.15, 0.2) is 72.9 Å². The Morgan fingerprint density at radius 1 is 0.340 bits per heavy atom. The van der Waals surface area contributed by atoms with Crippen LogP contribution >= 0.6 is 7.82 Å². The highest BCUT2D eigenvalue weighted by atomic mass is 31.2. The topological polar surface area (TPSA) is 111 Å². The van der Waals surface area contributed by atoms with E-state index in [-0.39, 0.29) is 32.0 Å². The lowest BCUT2D eigenvalue weighted by molar-refractivity contribution is -0.870. The lowest BCUT2D eigenvalue weighted by Gasteiger charge is -2.28. The zero-order chi connectivity index (χ0) is 68.3. The van der Waals surface area contributed by atoms with E-state index in [0.717, 1.165) is 64.2 Å². The minimum atomic E-state index is -4.64. The van der Waals surface area contributed by atoms with E-state index in [1.807, 2.05) is 21.1 Å². The fourth-order valence-corrected chi connectivity index (χ4v) is 12.8. The van der Waals surface area contributed by atoms with Crippen molar-refractivity contribution in [2.75, 3.05) is 47.5 Å². The van der Waals surface area contributed by atoms with Gasteiger partial charge in [-0.1, -0.05) is 376 Å². The van der Waals surface area contributed by atoms with E-state index in [1.54, 1.807) is 0 Å². The Balaban J connectivity index is 3.90. The number of unbranched alkanes of at least 4 members (excludes halogenated alkanes) is 50. The first kappa shape index (κ1) is 91.4. The smallest absolute Gasteiger partial charge is 0.306 e. The average molecular weight is 1340 g/mol. The first-order valence-corrected chi connectivity index (χ1v) is 42.1. The molecule has 0 radical (unpaired) electrons. The lowest BCUT2D eigenvalue weighted by atomic mass is 10.0. The predicted molar refractivity (Wildman–Crippen MR) is 406 cm³/mol. The van der Waals surface area contributed by atoms with E-state index in [1.165, 1.54) is 302 Å². The van der Waals surface area contributed by atoms with Gasteiger partial charge < -0.3 is 27.9 Å². The lowest BCUT2D eigenvalue weighted by Crippen LogP contribution is -2.37. The van der Waals surface area contributed by atoms with Crippen molar-refractivity contribution in [2.24, 2.45) is 0 Å². The Hall–Kier alpha value is -2.55. The molecule has 2 unspecified atom stereocenters. The third kappa shape index (κ3) is 78.4. The Morgan fingerprint density at radius 3 is 0.904 bits per heavy atom. The highest BCUT2D eigenvalue weighted by Gasteiger charge is 2.22. The zero-order valence-electron chi connectivity index (χ0n) is 62.9. The van der Waals surface area contributed by atoms with Crippen LogP contribution in [0.1, 0.15) is 399 Å². The number of carbonyl (C=O) groups is 2. The normalized spacial score (nSPS) is 13.4. The van der Waals surface area contributed by atoms with Crippen molar-refractivity contribution < 1.29 is 42.1 Å². The standard InChI is InChI=1S/C84H156NO8P/c1-6-8-10-12-14-16-18-20-22-24-26-28-30-32-34-36-38-40-41-42-43-45-47-49-51-53-55-57-59-61-63-65-67-69-71-73-75-77-84(87)93-82(81-92-94(88,89)91-79-78-85(3,4)5)80-90-83(86)76-74-72-70-68-66-64-62-60-58-56-54-52-50-48-46-44-39-37-35-33-31-29-27-25-23-21-19-17-15-13-11-9-7-2/h8,10,14,16,19-22,25-28,82H,6-7,9,11-13,15,17-18,23-24,29-81H2,1-5H3/b10-8-,16-14-,21-19-,22-20-,27-25-,28-26-. The summed E-state index contributed by atoms with van der Waals surface area (Å²) in [6.07, 6.45) is 102. The van der Waals surface area contributed by atoms with Crippen molar-refractivity contribution in [3.8, 4) is 0 Å². The minimum absolute atomic E-state index is 0.0288. The second-order valence-corrected chi connectivity index (χ2v) is 30.2. The van der Waals surface area contributed by atoms with Crippen LogP contribution in [-0.2, 0) is 32.7 Å². The molecule has 0 saturated carbocycles. The molecule has 94 heavy (non-hydrogen) atoms. The molecule has 0 spiro atoms. The van der Waals surface area contributed by atoms with E-state index in [0.29, 0.717) is 17.4 Å². The molecular formula is C84H156NO8P. The molecule has 0 aliphatic heterocycles. The fourth-order valence-electron chi connectivity index (χ4n) is 12.0. The number of carbonyl (C=O) groups excluding carboxylic acids is 2. The van der Waals surface area contributed by atoms with Crippen molar-refractivity contribution in [2.45, 2.75) is 405 Å². The molecule has 0 amide bonds. The highest BCUT2D eigenvalue weighted by molar-refractivity contribution is 7.45. The van der Waals surface area contributed by atoms with Crippen molar-refractivity contribution in [3.05, 3.63) is 72.9 Å². The molecule has 0 fully saturated rings. The van der Waals surface area contributed by atoms with E-state index >= 15 is 0 Å². The number of likely N-dealkylation sites (N-methyl/N-ethyl adjacent to an activating group) is 1. The van der Waals surface area contributed by atoms with E-state index in [9.17, 15) is 19.0 Å². The van der Waals surface area contributed by atoms with Gasteiger partial charge in [0.2, 0.25) is 0 Å². The minimum Gasteiger partial charge on any atom is -0.756 e. The van der Waals surface area contributed by atoms with Crippen molar-refractivity contribution in [1.82, 2.24) is 0 Å². The number of ether oxygens (including phenoxy) is 2. The quantitative estimate of drug-likeness (QED) is 0.0195. The van der Waals surface area contributed by atoms with E-state index in [2.05, 4.69) is 86.8 Å². The van der Waals surface area contributed by atoms with Crippen LogP contribution in [-0.4, -0.2) is 70.0 Å². The summed E-state index contributed by atoms with van der Waals surface area (Å²) < 4.78 is 34.4. The second kappa shape index (κ2) is 74.7. The summed E-state index contributed by atoms with van der Waals surface area (Å²) in [6, 6.07) is 0. The van der Waals surface area contributed by atoms with Gasteiger partial charge >= 0.3 is 11.9 Å². The predicted octanol–water partition coefficient (Wildman–Crippen LogP) is 26.4. The van der Waals surface area contributed by atoms with Gasteiger partial charge in [-0.2, -0.15) is 0 Å². The van der Waals surface area contributed by atoms with Crippen LogP contribution in [0.25, 0.3) is 0 Å². The van der Waals surface area contributed by atoms with Gasteiger partial charge in [-0.3, -0.25) is 14.2 Å². The number of esters is 2. The molecule has 10 heteroatoms. The molecule has 0 aliphatic rings. The monoisotopic (exact) mass is 1340 g/mol. The number of phosphoric acid groups is 1. The molecule has 0 bridgehead atoms. The van der Waals surface area contributed by atoms with Crippen LogP contribution in [0.5, 0.6) is 0 Å². The van der Waals surface area contributed by atoms with Gasteiger partial charge in [0.05, 0.1) is 27.7 Å². The summed E-state index contributed by atoms with van der Waals surface area (Å²) in [7, 11) is 1.19. The summed E-state index contributed by atoms with van der Waals surface area (Å²) in [5.74, 6) is -0.810. The van der Waals surface area contributed by atoms with Crippen molar-refractivity contribution in [3.63, 3.8) is 0 Å². The first-order valence-electron chi connectivity index (χ1n) is 40.6. The van der Waals surface area contributed by atoms with Gasteiger partial charge in [-0.15, -0.1) is 0 Å². The molecule has 0 rings (SSSR count). The van der Waals surface area contributed by atoms with Gasteiger partial charge in [-0.25, -0.2) is 0 Å². The number of rotatable bonds is 76. The van der Waals surface area contributed by atoms with Crippen LogP contribution in [0.2, 0.25) is 0 Å². The number of hydrogen-bond acceptors (Lipinski definition) is 8. The maximum absolute atomic E-state index is 12.9. The zero-order valence-corrected chi connectivity index (χ0v) is 63.8. The number of hydrogen-bond donors (Lipinski definition) is 0. The summed E-state index contributed by atoms with van der Waals surface area (Å²) in [5.41, 5.74) is 0. The molecule has 0 aliphatic carbocycles. The Bertz CT molecular complexity index is 1820. The molecular weight excluding hydrogens is 1180 g/mol. The first-order chi connectivity index (χ1) is 46.0. The SMILES string of the molecule is CC/C=C\C/C=C\C/C=C\C/C=C\CCCCCCCCCCCCCCCCCCCCCCCCCCC(=O)OC(COC(=O)CCCCCCCCCCCCCCCCCCCCCCC/C=C\C/C=C\CCCCCCC)COP(=O)([O-])OCC[N+](C)(C)C. The number of quaternary nitrogens is 1. The van der Waals surface area contributed by atoms with Gasteiger partial charge in [0, 0.05) is 12.8 Å². The molecule has 0 aromatic carbocycles. The van der Waals surface area contributed by atoms with Crippen LogP contribution in [0.3, 0.4) is 0 Å². The summed E-state index contributed by atoms with van der Waals surface area (Å²) in [4.78, 5) is 38.2. The molecule has 9 nitrogen and oxygen atoms in total. The molecule has 0 saturated heterocycles. The third-order valence-corrected chi connectivity index (χ3v) is 19.2. The maximum atomic E-state index is 12.9. The van der Waals surface area contributed by atoms with E-state index in [4.69, 9.17) is 18.5 Å². The molecule has 2 atom stereocenters. The molecule has 550 valence electrons. The van der Waals surface area contributed by atoms with Gasteiger partial charge in [-0.05, 0) is 83.5 Å². The summed E-state index contributed by atoms with van der Waals surface area (Å²) >= 11 is 0. The van der Waals surface area contributed by atoms with E-state index < -0.39 is 26.5 Å². The van der Waals surface area contributed by atoms with Crippen LogP contribution in [0, 0.1) is 0 Å². The van der Waals surface area contributed by atoms with Gasteiger partial charge in [0.25, 0.3) is 7.82 Å². The molecule has 0 aromatic heterocycles. The van der Waals surface area contributed by atoms with Crippen LogP contribution in [0.4, 0.5) is 0 Å². The van der Waals surface area contributed by atoms with Crippen molar-refractivity contribution in [1.29, 1.82) is 0 Å². The number of allylic oxidation sites excluding steroid dienone is 12. The maximum Gasteiger partial charge on any atom is 0.306 e. The van der Waals surface area contributed by atoms with Gasteiger partial charge in [0.15, 0.2) is 6.10 Å². The highest BCUT2D eigenvalue weighted by Crippen LogP contribution is 2.38. The Morgan fingerprint density at radius 2 is 0.606 bits per heavy atom. The number of phosphoric ester groups is 1. The van der Waals surface area contributed by atoms with Gasteiger partial charge in [0.1, 0.15) is 19.8 Å². The second-order valence-electron chi connectivity index (χ2n) is 28.8. The average Bonchev–Trinajstić information content (AvgIpc) is 1.56. The third-order valence-electron chi connectivity index (χ3n) is 18.2. The molecule has 0 aromatic rings. The summed E-state index contributed by atoms with van der Waals surface area (Å²) in [5, 5.41) is 0. The Labute approximate surface area is 584 Å². The molecule has 0 heterocycles.